The van der Waals surface area contributed by atoms with Crippen LogP contribution in [0.15, 0.2) is 12.7 Å². The van der Waals surface area contributed by atoms with E-state index in [1.54, 1.807) is 0 Å². The molecule has 0 heteroatoms. The van der Waals surface area contributed by atoms with Gasteiger partial charge in [0, 0.05) is 0 Å². The second-order valence-corrected chi connectivity index (χ2v) is 11.4. The molecule has 0 unspecified atom stereocenters. The average Bonchev–Trinajstić information content (AvgIpc) is 2.06. The first-order valence-electron chi connectivity index (χ1n) is 8.73. The van der Waals surface area contributed by atoms with Gasteiger partial charge in [0.25, 0.3) is 0 Å². The second kappa shape index (κ2) is 5.43. The molecule has 0 spiro atoms. The lowest BCUT2D eigenvalue weighted by atomic mass is 9.56. The summed E-state index contributed by atoms with van der Waals surface area (Å²) in [5, 5.41) is 0. The molecule has 0 atom stereocenters. The Balaban J connectivity index is 3.24. The van der Waals surface area contributed by atoms with Gasteiger partial charge in [0.05, 0.1) is 0 Å². The monoisotopic (exact) mass is 292 g/mol. The first-order valence-corrected chi connectivity index (χ1v) is 8.73. The number of hydrogen-bond acceptors (Lipinski definition) is 0. The van der Waals surface area contributed by atoms with Gasteiger partial charge in [-0.15, -0.1) is 6.58 Å². The van der Waals surface area contributed by atoms with E-state index in [1.807, 2.05) is 0 Å². The second-order valence-electron chi connectivity index (χ2n) is 11.4. The highest BCUT2D eigenvalue weighted by Gasteiger charge is 2.43. The van der Waals surface area contributed by atoms with Gasteiger partial charge >= 0.3 is 0 Å². The van der Waals surface area contributed by atoms with Crippen LogP contribution in [0.3, 0.4) is 0 Å². The SMILES string of the molecule is C=CC1(C)CC(C)(C)CC(C)(C)CC(C)(C)CC(C)(C)C1. The van der Waals surface area contributed by atoms with Crippen molar-refractivity contribution >= 4 is 0 Å². The molecule has 1 saturated carbocycles. The molecular formula is C21H40. The zero-order valence-electron chi connectivity index (χ0n) is 16.3. The van der Waals surface area contributed by atoms with Crippen LogP contribution in [0.4, 0.5) is 0 Å². The predicted octanol–water partition coefficient (Wildman–Crippen LogP) is 7.25. The van der Waals surface area contributed by atoms with Gasteiger partial charge in [-0.25, -0.2) is 0 Å². The Morgan fingerprint density at radius 2 is 0.762 bits per heavy atom. The number of allylic oxidation sites excluding steroid dienone is 1. The van der Waals surface area contributed by atoms with Crippen LogP contribution in [-0.4, -0.2) is 0 Å². The molecule has 0 amide bonds. The Labute approximate surface area is 134 Å². The van der Waals surface area contributed by atoms with Crippen molar-refractivity contribution in [2.24, 2.45) is 27.1 Å². The van der Waals surface area contributed by atoms with Crippen LogP contribution >= 0.6 is 0 Å². The Morgan fingerprint density at radius 1 is 0.524 bits per heavy atom. The topological polar surface area (TPSA) is 0 Å². The summed E-state index contributed by atoms with van der Waals surface area (Å²) in [6, 6.07) is 0. The van der Waals surface area contributed by atoms with Crippen LogP contribution in [0.5, 0.6) is 0 Å². The zero-order chi connectivity index (χ0) is 16.7. The number of hydrogen-bond donors (Lipinski definition) is 0. The minimum Gasteiger partial charge on any atom is -0.103 e. The van der Waals surface area contributed by atoms with Crippen LogP contribution in [0, 0.1) is 27.1 Å². The van der Waals surface area contributed by atoms with E-state index in [0.29, 0.717) is 21.7 Å². The van der Waals surface area contributed by atoms with Crippen molar-refractivity contribution < 1.29 is 0 Å². The smallest absolute Gasteiger partial charge is 0.0139 e. The summed E-state index contributed by atoms with van der Waals surface area (Å²) >= 11 is 0. The van der Waals surface area contributed by atoms with Crippen molar-refractivity contribution in [3.05, 3.63) is 12.7 Å². The van der Waals surface area contributed by atoms with Crippen molar-refractivity contribution in [1.29, 1.82) is 0 Å². The van der Waals surface area contributed by atoms with Gasteiger partial charge in [-0.05, 0) is 59.2 Å². The van der Waals surface area contributed by atoms with Gasteiger partial charge in [0.2, 0.25) is 0 Å². The third-order valence-corrected chi connectivity index (χ3v) is 5.13. The normalized spacial score (nSPS) is 30.3. The molecule has 0 bridgehead atoms. The van der Waals surface area contributed by atoms with Crippen LogP contribution in [-0.2, 0) is 0 Å². The molecule has 124 valence electrons. The fourth-order valence-electron chi connectivity index (χ4n) is 6.53. The van der Waals surface area contributed by atoms with Crippen molar-refractivity contribution in [1.82, 2.24) is 0 Å². The van der Waals surface area contributed by atoms with Gasteiger partial charge in [-0.3, -0.25) is 0 Å². The van der Waals surface area contributed by atoms with E-state index < -0.39 is 0 Å². The maximum atomic E-state index is 4.19. The molecule has 0 aromatic rings. The Hall–Kier alpha value is -0.260. The summed E-state index contributed by atoms with van der Waals surface area (Å²) in [6.07, 6.45) is 8.64. The molecule has 1 aliphatic rings. The first-order chi connectivity index (χ1) is 9.10. The zero-order valence-corrected chi connectivity index (χ0v) is 16.3. The molecule has 0 aromatic carbocycles. The van der Waals surface area contributed by atoms with E-state index >= 15 is 0 Å². The predicted molar refractivity (Wildman–Crippen MR) is 96.5 cm³/mol. The molecule has 0 saturated heterocycles. The van der Waals surface area contributed by atoms with Crippen LogP contribution < -0.4 is 0 Å². The summed E-state index contributed by atoms with van der Waals surface area (Å²) in [6.45, 7) is 26.3. The van der Waals surface area contributed by atoms with E-state index in [9.17, 15) is 0 Å². The maximum Gasteiger partial charge on any atom is -0.0139 e. The maximum absolute atomic E-state index is 4.19. The number of rotatable bonds is 1. The standard InChI is InChI=1S/C21H40/c1-11-21(10)15-19(6,7)13-17(2,3)12-18(4,5)14-20(8,9)16-21/h11H,1,12-16H2,2-10H3. The fourth-order valence-corrected chi connectivity index (χ4v) is 6.53. The summed E-state index contributed by atoms with van der Waals surface area (Å²) < 4.78 is 0. The Bertz CT molecular complexity index is 349. The molecule has 0 heterocycles. The molecule has 0 nitrogen and oxygen atoms in total. The minimum absolute atomic E-state index is 0.247. The molecule has 1 rings (SSSR count). The minimum atomic E-state index is 0.247. The molecule has 21 heavy (non-hydrogen) atoms. The van der Waals surface area contributed by atoms with E-state index in [4.69, 9.17) is 0 Å². The summed E-state index contributed by atoms with van der Waals surface area (Å²) in [7, 11) is 0. The summed E-state index contributed by atoms with van der Waals surface area (Å²) in [4.78, 5) is 0. The molecular weight excluding hydrogens is 252 g/mol. The Morgan fingerprint density at radius 3 is 1.00 bits per heavy atom. The molecule has 0 aliphatic heterocycles. The lowest BCUT2D eigenvalue weighted by Gasteiger charge is -2.49. The van der Waals surface area contributed by atoms with Gasteiger partial charge in [0.1, 0.15) is 0 Å². The largest absolute Gasteiger partial charge is 0.103 e. The molecule has 0 radical (unpaired) electrons. The quantitative estimate of drug-likeness (QED) is 0.446. The molecule has 0 N–H and O–H groups in total. The third kappa shape index (κ3) is 5.80. The van der Waals surface area contributed by atoms with Gasteiger partial charge in [-0.1, -0.05) is 68.4 Å². The molecule has 1 fully saturated rings. The van der Waals surface area contributed by atoms with E-state index in [1.165, 1.54) is 32.1 Å². The lowest BCUT2D eigenvalue weighted by molar-refractivity contribution is 0.0302. The van der Waals surface area contributed by atoms with E-state index in [-0.39, 0.29) is 5.41 Å². The highest BCUT2D eigenvalue weighted by molar-refractivity contribution is 5.01. The summed E-state index contributed by atoms with van der Waals surface area (Å²) in [5.41, 5.74) is 1.80. The summed E-state index contributed by atoms with van der Waals surface area (Å²) in [5.74, 6) is 0. The highest BCUT2D eigenvalue weighted by Crippen LogP contribution is 2.54. The molecule has 0 aromatic heterocycles. The third-order valence-electron chi connectivity index (χ3n) is 5.13. The van der Waals surface area contributed by atoms with Crippen molar-refractivity contribution in [3.63, 3.8) is 0 Å². The van der Waals surface area contributed by atoms with Crippen LogP contribution in [0.1, 0.15) is 94.4 Å². The van der Waals surface area contributed by atoms with E-state index in [2.05, 4.69) is 75.0 Å². The Kier molecular flexibility index (Phi) is 4.86. The first kappa shape index (κ1) is 18.8. The van der Waals surface area contributed by atoms with Gasteiger partial charge in [0.15, 0.2) is 0 Å². The van der Waals surface area contributed by atoms with Crippen LogP contribution in [0.25, 0.3) is 0 Å². The van der Waals surface area contributed by atoms with Gasteiger partial charge in [-0.2, -0.15) is 0 Å². The van der Waals surface area contributed by atoms with E-state index in [0.717, 1.165) is 0 Å². The van der Waals surface area contributed by atoms with Crippen molar-refractivity contribution in [2.45, 2.75) is 94.4 Å². The fraction of sp³-hybridized carbons (Fsp3) is 0.905. The van der Waals surface area contributed by atoms with Crippen molar-refractivity contribution in [2.75, 3.05) is 0 Å². The van der Waals surface area contributed by atoms with Crippen LogP contribution in [0.2, 0.25) is 0 Å². The van der Waals surface area contributed by atoms with Gasteiger partial charge < -0.3 is 0 Å². The van der Waals surface area contributed by atoms with Crippen molar-refractivity contribution in [3.8, 4) is 0 Å². The molecule has 1 aliphatic carbocycles. The lowest BCUT2D eigenvalue weighted by Crippen LogP contribution is -2.38. The average molecular weight is 293 g/mol. The highest BCUT2D eigenvalue weighted by atomic mass is 14.5.